The van der Waals surface area contributed by atoms with Crippen molar-refractivity contribution in [1.29, 1.82) is 0 Å². The van der Waals surface area contributed by atoms with Crippen LogP contribution in [0.2, 0.25) is 0 Å². The highest BCUT2D eigenvalue weighted by atomic mass is 19.3. The van der Waals surface area contributed by atoms with Crippen molar-refractivity contribution in [3.8, 4) is 5.75 Å². The highest BCUT2D eigenvalue weighted by Gasteiger charge is 2.12. The first kappa shape index (κ1) is 14.8. The Morgan fingerprint density at radius 3 is 2.17 bits per heavy atom. The fourth-order valence-electron chi connectivity index (χ4n) is 1.55. The fourth-order valence-corrected chi connectivity index (χ4v) is 1.55. The largest absolute Gasteiger partial charge is 0.435 e. The number of aliphatic hydroxyl groups is 2. The van der Waals surface area contributed by atoms with E-state index in [0.29, 0.717) is 0 Å². The SMILES string of the molecule is CC(NC(CO)CO)c1ccc(OC(F)F)cc1. The molecular formula is C12H17F2NO3. The second-order valence-corrected chi connectivity index (χ2v) is 3.90. The van der Waals surface area contributed by atoms with E-state index in [9.17, 15) is 8.78 Å². The summed E-state index contributed by atoms with van der Waals surface area (Å²) in [5.74, 6) is 0.0989. The molecule has 0 aliphatic rings. The number of hydrogen-bond donors (Lipinski definition) is 3. The molecule has 0 spiro atoms. The molecule has 0 fully saturated rings. The summed E-state index contributed by atoms with van der Waals surface area (Å²) in [5, 5.41) is 20.9. The number of benzene rings is 1. The van der Waals surface area contributed by atoms with E-state index in [4.69, 9.17) is 10.2 Å². The van der Waals surface area contributed by atoms with Gasteiger partial charge in [0.25, 0.3) is 0 Å². The van der Waals surface area contributed by atoms with E-state index in [2.05, 4.69) is 10.1 Å². The summed E-state index contributed by atoms with van der Waals surface area (Å²) in [7, 11) is 0. The van der Waals surface area contributed by atoms with Crippen molar-refractivity contribution in [2.75, 3.05) is 13.2 Å². The summed E-state index contributed by atoms with van der Waals surface area (Å²) in [6.07, 6.45) is 0. The Balaban J connectivity index is 2.61. The van der Waals surface area contributed by atoms with Crippen LogP contribution >= 0.6 is 0 Å². The van der Waals surface area contributed by atoms with Crippen LogP contribution in [0, 0.1) is 0 Å². The molecule has 3 N–H and O–H groups in total. The first-order valence-corrected chi connectivity index (χ1v) is 5.59. The van der Waals surface area contributed by atoms with Crippen molar-refractivity contribution in [2.45, 2.75) is 25.6 Å². The number of nitrogens with one attached hydrogen (secondary N) is 1. The predicted molar refractivity (Wildman–Crippen MR) is 62.6 cm³/mol. The minimum atomic E-state index is -2.83. The van der Waals surface area contributed by atoms with Crippen LogP contribution in [0.4, 0.5) is 8.78 Å². The standard InChI is InChI=1S/C12H17F2NO3/c1-8(15-10(6-16)7-17)9-2-4-11(5-3-9)18-12(13)14/h2-5,8,10,12,15-17H,6-7H2,1H3. The molecule has 1 atom stereocenters. The maximum absolute atomic E-state index is 12.0. The molecule has 1 aromatic rings. The number of aliphatic hydroxyl groups excluding tert-OH is 2. The Kier molecular flexibility index (Phi) is 5.97. The van der Waals surface area contributed by atoms with Gasteiger partial charge in [0.05, 0.1) is 19.3 Å². The molecule has 0 heterocycles. The number of ether oxygens (including phenoxy) is 1. The smallest absolute Gasteiger partial charge is 0.387 e. The van der Waals surface area contributed by atoms with E-state index >= 15 is 0 Å². The molecule has 4 nitrogen and oxygen atoms in total. The Morgan fingerprint density at radius 2 is 1.72 bits per heavy atom. The van der Waals surface area contributed by atoms with Crippen LogP contribution in [0.3, 0.4) is 0 Å². The molecule has 1 unspecified atom stereocenters. The Bertz CT molecular complexity index is 342. The van der Waals surface area contributed by atoms with E-state index in [0.717, 1.165) is 5.56 Å². The third-order valence-electron chi connectivity index (χ3n) is 2.53. The van der Waals surface area contributed by atoms with Gasteiger partial charge < -0.3 is 20.3 Å². The molecule has 0 amide bonds. The third-order valence-corrected chi connectivity index (χ3v) is 2.53. The Labute approximate surface area is 104 Å². The number of alkyl halides is 2. The molecule has 0 saturated carbocycles. The lowest BCUT2D eigenvalue weighted by Gasteiger charge is -2.20. The van der Waals surface area contributed by atoms with Crippen LogP contribution in [0.5, 0.6) is 5.75 Å². The molecule has 1 rings (SSSR count). The van der Waals surface area contributed by atoms with Crippen LogP contribution in [-0.2, 0) is 0 Å². The normalized spacial score (nSPS) is 13.1. The van der Waals surface area contributed by atoms with Gasteiger partial charge in [-0.15, -0.1) is 0 Å². The summed E-state index contributed by atoms with van der Waals surface area (Å²) < 4.78 is 28.1. The second kappa shape index (κ2) is 7.25. The van der Waals surface area contributed by atoms with Crippen LogP contribution < -0.4 is 10.1 Å². The van der Waals surface area contributed by atoms with Crippen molar-refractivity contribution in [3.05, 3.63) is 29.8 Å². The number of halogens is 2. The average Bonchev–Trinajstić information content (AvgIpc) is 2.35. The van der Waals surface area contributed by atoms with Gasteiger partial charge in [-0.3, -0.25) is 0 Å². The lowest BCUT2D eigenvalue weighted by atomic mass is 10.1. The summed E-state index contributed by atoms with van der Waals surface area (Å²) in [6, 6.07) is 5.69. The first-order valence-electron chi connectivity index (χ1n) is 5.59. The molecule has 0 aromatic heterocycles. The van der Waals surface area contributed by atoms with Gasteiger partial charge in [-0.1, -0.05) is 12.1 Å². The zero-order valence-corrected chi connectivity index (χ0v) is 10.0. The summed E-state index contributed by atoms with van der Waals surface area (Å²) in [6.45, 7) is -1.33. The van der Waals surface area contributed by atoms with Crippen molar-refractivity contribution in [3.63, 3.8) is 0 Å². The molecule has 0 radical (unpaired) electrons. The van der Waals surface area contributed by atoms with Crippen LogP contribution in [0.15, 0.2) is 24.3 Å². The zero-order valence-electron chi connectivity index (χ0n) is 10.0. The van der Waals surface area contributed by atoms with E-state index in [1.165, 1.54) is 12.1 Å². The highest BCUT2D eigenvalue weighted by Crippen LogP contribution is 2.19. The van der Waals surface area contributed by atoms with Crippen molar-refractivity contribution >= 4 is 0 Å². The van der Waals surface area contributed by atoms with E-state index in [1.807, 2.05) is 6.92 Å². The molecule has 0 saturated heterocycles. The van der Waals surface area contributed by atoms with Gasteiger partial charge in [0.1, 0.15) is 5.75 Å². The van der Waals surface area contributed by atoms with Gasteiger partial charge in [0, 0.05) is 6.04 Å². The summed E-state index contributed by atoms with van der Waals surface area (Å²) in [4.78, 5) is 0. The average molecular weight is 261 g/mol. The maximum atomic E-state index is 12.0. The third kappa shape index (κ3) is 4.56. The lowest BCUT2D eigenvalue weighted by molar-refractivity contribution is -0.0498. The molecule has 18 heavy (non-hydrogen) atoms. The van der Waals surface area contributed by atoms with Crippen LogP contribution in [0.1, 0.15) is 18.5 Å². The molecule has 0 aliphatic heterocycles. The summed E-state index contributed by atoms with van der Waals surface area (Å²) in [5.41, 5.74) is 0.850. The van der Waals surface area contributed by atoms with Crippen molar-refractivity contribution < 1.29 is 23.7 Å². The zero-order chi connectivity index (χ0) is 13.5. The van der Waals surface area contributed by atoms with Gasteiger partial charge in [0.15, 0.2) is 0 Å². The van der Waals surface area contributed by atoms with Crippen molar-refractivity contribution in [1.82, 2.24) is 5.32 Å². The molecular weight excluding hydrogens is 244 g/mol. The van der Waals surface area contributed by atoms with Gasteiger partial charge in [0.2, 0.25) is 0 Å². The summed E-state index contributed by atoms with van der Waals surface area (Å²) >= 11 is 0. The highest BCUT2D eigenvalue weighted by molar-refractivity contribution is 5.29. The Morgan fingerprint density at radius 1 is 1.17 bits per heavy atom. The van der Waals surface area contributed by atoms with Gasteiger partial charge >= 0.3 is 6.61 Å². The molecule has 102 valence electrons. The van der Waals surface area contributed by atoms with Gasteiger partial charge in [-0.2, -0.15) is 8.78 Å². The molecule has 6 heteroatoms. The quantitative estimate of drug-likeness (QED) is 0.692. The number of rotatable bonds is 7. The topological polar surface area (TPSA) is 61.7 Å². The fraction of sp³-hybridized carbons (Fsp3) is 0.500. The molecule has 1 aromatic carbocycles. The molecule has 0 bridgehead atoms. The monoisotopic (exact) mass is 261 g/mol. The minimum Gasteiger partial charge on any atom is -0.435 e. The first-order chi connectivity index (χ1) is 8.56. The minimum absolute atomic E-state index is 0.0989. The van der Waals surface area contributed by atoms with E-state index in [-0.39, 0.29) is 25.0 Å². The van der Waals surface area contributed by atoms with Crippen molar-refractivity contribution in [2.24, 2.45) is 0 Å². The Hall–Kier alpha value is -1.24. The van der Waals surface area contributed by atoms with Gasteiger partial charge in [-0.05, 0) is 24.6 Å². The molecule has 0 aliphatic carbocycles. The van der Waals surface area contributed by atoms with Crippen LogP contribution in [-0.4, -0.2) is 36.1 Å². The lowest BCUT2D eigenvalue weighted by Crippen LogP contribution is -2.37. The van der Waals surface area contributed by atoms with Crippen LogP contribution in [0.25, 0.3) is 0 Å². The maximum Gasteiger partial charge on any atom is 0.387 e. The number of hydrogen-bond acceptors (Lipinski definition) is 4. The predicted octanol–water partition coefficient (Wildman–Crippen LogP) is 1.29. The van der Waals surface area contributed by atoms with Gasteiger partial charge in [-0.25, -0.2) is 0 Å². The second-order valence-electron chi connectivity index (χ2n) is 3.90. The van der Waals surface area contributed by atoms with E-state index in [1.54, 1.807) is 12.1 Å². The van der Waals surface area contributed by atoms with E-state index < -0.39 is 12.7 Å².